The maximum absolute atomic E-state index is 11.0. The average Bonchev–Trinajstić information content (AvgIpc) is 2.00. The van der Waals surface area contributed by atoms with Crippen molar-refractivity contribution >= 4 is 48.9 Å². The molecule has 0 saturated carbocycles. The predicted molar refractivity (Wildman–Crippen MR) is 56.5 cm³/mol. The Labute approximate surface area is 99.8 Å². The second-order valence-corrected chi connectivity index (χ2v) is 5.85. The molecular weight excluding hydrogens is 286 g/mol. The maximum Gasteiger partial charge on any atom is 0.337 e. The summed E-state index contributed by atoms with van der Waals surface area (Å²) in [5, 5.41) is 8.30. The molecule has 0 bridgehead atoms. The van der Waals surface area contributed by atoms with Gasteiger partial charge >= 0.3 is 5.97 Å². The fourth-order valence-electron chi connectivity index (χ4n) is 0.880. The lowest BCUT2D eigenvalue weighted by molar-refractivity contribution is 0.0697. The highest BCUT2D eigenvalue weighted by molar-refractivity contribution is 8.13. The Morgan fingerprint density at radius 1 is 1.20 bits per heavy atom. The first-order valence-electron chi connectivity index (χ1n) is 3.40. The van der Waals surface area contributed by atoms with Crippen LogP contribution in [0.1, 0.15) is 10.4 Å². The molecule has 0 unspecified atom stereocenters. The van der Waals surface area contributed by atoms with E-state index < -0.39 is 19.9 Å². The third-order valence-corrected chi connectivity index (χ3v) is 3.61. The predicted octanol–water partition coefficient (Wildman–Crippen LogP) is 2.62. The van der Waals surface area contributed by atoms with Crippen molar-refractivity contribution in [1.82, 2.24) is 0 Å². The molecule has 15 heavy (non-hydrogen) atoms. The maximum atomic E-state index is 11.0. The van der Waals surface area contributed by atoms with E-state index in [9.17, 15) is 13.2 Å². The van der Waals surface area contributed by atoms with Gasteiger partial charge in [0, 0.05) is 10.7 Å². The number of halogens is 3. The molecule has 0 atom stereocenters. The highest BCUT2D eigenvalue weighted by Gasteiger charge is 2.20. The third kappa shape index (κ3) is 2.75. The smallest absolute Gasteiger partial charge is 0.337 e. The second-order valence-electron chi connectivity index (χ2n) is 2.51. The number of hydrogen-bond acceptors (Lipinski definition) is 3. The van der Waals surface area contributed by atoms with E-state index in [4.69, 9.17) is 39.0 Å². The normalized spacial score (nSPS) is 11.4. The number of carbonyl (C=O) groups is 1. The van der Waals surface area contributed by atoms with Crippen LogP contribution in [0, 0.1) is 0 Å². The van der Waals surface area contributed by atoms with Crippen molar-refractivity contribution in [3.63, 3.8) is 0 Å². The molecule has 0 aliphatic carbocycles. The zero-order chi connectivity index (χ0) is 11.8. The van der Waals surface area contributed by atoms with Crippen LogP contribution in [-0.4, -0.2) is 19.5 Å². The molecule has 82 valence electrons. The molecule has 0 aliphatic rings. The minimum absolute atomic E-state index is 0.156. The molecule has 0 saturated heterocycles. The Hall–Kier alpha value is -0.490. The van der Waals surface area contributed by atoms with Crippen LogP contribution in [0.15, 0.2) is 17.0 Å². The number of carboxylic acid groups (broad SMARTS) is 1. The lowest BCUT2D eigenvalue weighted by Crippen LogP contribution is -2.01. The molecule has 1 aromatic carbocycles. The fourth-order valence-corrected chi connectivity index (χ4v) is 2.70. The zero-order valence-corrected chi connectivity index (χ0v) is 9.95. The molecule has 1 aromatic rings. The topological polar surface area (TPSA) is 71.4 Å². The van der Waals surface area contributed by atoms with E-state index in [0.717, 1.165) is 12.1 Å². The molecule has 1 N–H and O–H groups in total. The van der Waals surface area contributed by atoms with Gasteiger partial charge in [0.05, 0.1) is 15.6 Å². The number of rotatable bonds is 2. The van der Waals surface area contributed by atoms with E-state index in [1.165, 1.54) is 0 Å². The van der Waals surface area contributed by atoms with E-state index >= 15 is 0 Å². The summed E-state index contributed by atoms with van der Waals surface area (Å²) < 4.78 is 22.0. The van der Waals surface area contributed by atoms with Gasteiger partial charge in [0.1, 0.15) is 4.90 Å². The third-order valence-electron chi connectivity index (χ3n) is 1.51. The molecule has 0 fully saturated rings. The van der Waals surface area contributed by atoms with Gasteiger partial charge in [-0.2, -0.15) is 0 Å². The summed E-state index contributed by atoms with van der Waals surface area (Å²) in [5.41, 5.74) is -0.375. The summed E-state index contributed by atoms with van der Waals surface area (Å²) in [6, 6.07) is 1.83. The molecular formula is C7H3Cl3O4S. The van der Waals surface area contributed by atoms with E-state index in [1.807, 2.05) is 0 Å². The summed E-state index contributed by atoms with van der Waals surface area (Å²) in [5.74, 6) is -1.36. The molecule has 0 aliphatic heterocycles. The van der Waals surface area contributed by atoms with Crippen LogP contribution in [0.3, 0.4) is 0 Å². The molecule has 0 spiro atoms. The quantitative estimate of drug-likeness (QED) is 0.850. The minimum atomic E-state index is -4.09. The zero-order valence-electron chi connectivity index (χ0n) is 6.87. The van der Waals surface area contributed by atoms with Crippen molar-refractivity contribution in [3.8, 4) is 0 Å². The Morgan fingerprint density at radius 3 is 2.13 bits per heavy atom. The Balaban J connectivity index is 3.58. The van der Waals surface area contributed by atoms with Crippen LogP contribution in [0.2, 0.25) is 10.0 Å². The minimum Gasteiger partial charge on any atom is -0.478 e. The van der Waals surface area contributed by atoms with E-state index in [0.29, 0.717) is 0 Å². The molecule has 8 heteroatoms. The van der Waals surface area contributed by atoms with Gasteiger partial charge in [0.25, 0.3) is 9.05 Å². The molecule has 0 radical (unpaired) electrons. The van der Waals surface area contributed by atoms with E-state index in [-0.39, 0.29) is 15.6 Å². The fraction of sp³-hybridized carbons (Fsp3) is 0. The Bertz CT molecular complexity index is 523. The molecule has 1 rings (SSSR count). The van der Waals surface area contributed by atoms with Gasteiger partial charge in [-0.05, 0) is 12.1 Å². The van der Waals surface area contributed by atoms with Crippen molar-refractivity contribution in [2.24, 2.45) is 0 Å². The lowest BCUT2D eigenvalue weighted by Gasteiger charge is -2.03. The van der Waals surface area contributed by atoms with Gasteiger partial charge in [-0.25, -0.2) is 13.2 Å². The van der Waals surface area contributed by atoms with Gasteiger partial charge in [-0.15, -0.1) is 0 Å². The SMILES string of the molecule is O=C(O)c1cc(S(=O)(=O)Cl)c(Cl)cc1Cl. The highest BCUT2D eigenvalue weighted by atomic mass is 35.7. The largest absolute Gasteiger partial charge is 0.478 e. The summed E-state index contributed by atoms with van der Waals surface area (Å²) >= 11 is 11.1. The van der Waals surface area contributed by atoms with Gasteiger partial charge in [-0.3, -0.25) is 0 Å². The first-order chi connectivity index (χ1) is 6.73. The standard InChI is InChI=1S/C7H3Cl3O4S/c8-4-2-5(9)6(15(10,13)14)1-3(4)7(11)12/h1-2H,(H,11,12). The van der Waals surface area contributed by atoms with Crippen LogP contribution >= 0.6 is 33.9 Å². The summed E-state index contributed by atoms with van der Waals surface area (Å²) in [6.45, 7) is 0. The first-order valence-corrected chi connectivity index (χ1v) is 6.47. The van der Waals surface area contributed by atoms with Crippen molar-refractivity contribution in [1.29, 1.82) is 0 Å². The second kappa shape index (κ2) is 4.17. The summed E-state index contributed by atoms with van der Waals surface area (Å²) in [4.78, 5) is 10.2. The monoisotopic (exact) mass is 288 g/mol. The highest BCUT2D eigenvalue weighted by Crippen LogP contribution is 2.30. The summed E-state index contributed by atoms with van der Waals surface area (Å²) in [6.07, 6.45) is 0. The summed E-state index contributed by atoms with van der Waals surface area (Å²) in [7, 11) is 0.957. The van der Waals surface area contributed by atoms with Gasteiger partial charge < -0.3 is 5.11 Å². The van der Waals surface area contributed by atoms with Crippen molar-refractivity contribution < 1.29 is 18.3 Å². The number of benzene rings is 1. The first kappa shape index (κ1) is 12.6. The van der Waals surface area contributed by atoms with Crippen LogP contribution in [-0.2, 0) is 9.05 Å². The molecule has 0 amide bonds. The number of carboxylic acids is 1. The molecule has 4 nitrogen and oxygen atoms in total. The van der Waals surface area contributed by atoms with Crippen molar-refractivity contribution in [3.05, 3.63) is 27.7 Å². The Kier molecular flexibility index (Phi) is 3.50. The molecule has 0 heterocycles. The average molecular weight is 290 g/mol. The van der Waals surface area contributed by atoms with Crippen molar-refractivity contribution in [2.75, 3.05) is 0 Å². The number of hydrogen-bond donors (Lipinski definition) is 1. The van der Waals surface area contributed by atoms with E-state index in [1.54, 1.807) is 0 Å². The number of aromatic carboxylic acids is 1. The van der Waals surface area contributed by atoms with E-state index in [2.05, 4.69) is 0 Å². The molecule has 0 aromatic heterocycles. The van der Waals surface area contributed by atoms with Gasteiger partial charge in [0.2, 0.25) is 0 Å². The van der Waals surface area contributed by atoms with Gasteiger partial charge in [0.15, 0.2) is 0 Å². The van der Waals surface area contributed by atoms with Crippen LogP contribution in [0.4, 0.5) is 0 Å². The van der Waals surface area contributed by atoms with Crippen LogP contribution < -0.4 is 0 Å². The Morgan fingerprint density at radius 2 is 1.73 bits per heavy atom. The lowest BCUT2D eigenvalue weighted by atomic mass is 10.2. The van der Waals surface area contributed by atoms with Crippen LogP contribution in [0.25, 0.3) is 0 Å². The van der Waals surface area contributed by atoms with Crippen LogP contribution in [0.5, 0.6) is 0 Å². The van der Waals surface area contributed by atoms with Gasteiger partial charge in [-0.1, -0.05) is 23.2 Å². The van der Waals surface area contributed by atoms with Crippen molar-refractivity contribution in [2.45, 2.75) is 4.90 Å².